The van der Waals surface area contributed by atoms with Gasteiger partial charge < -0.3 is 15.4 Å². The van der Waals surface area contributed by atoms with Crippen molar-refractivity contribution in [1.82, 2.24) is 25.2 Å². The molecule has 8 nitrogen and oxygen atoms in total. The molecule has 134 valence electrons. The van der Waals surface area contributed by atoms with E-state index in [0.29, 0.717) is 22.2 Å². The Morgan fingerprint density at radius 3 is 3.08 bits per heavy atom. The summed E-state index contributed by atoms with van der Waals surface area (Å²) in [5, 5.41) is 14.5. The Balaban J connectivity index is 1.63. The van der Waals surface area contributed by atoms with Gasteiger partial charge in [0.05, 0.1) is 28.9 Å². The van der Waals surface area contributed by atoms with E-state index in [4.69, 9.17) is 4.74 Å². The number of carbonyl (C=O) groups is 2. The van der Waals surface area contributed by atoms with E-state index in [-0.39, 0.29) is 19.2 Å². The molecular formula is C16H15N5O3S2. The van der Waals surface area contributed by atoms with Gasteiger partial charge in [-0.05, 0) is 19.1 Å². The number of thioether (sulfide) groups is 1. The quantitative estimate of drug-likeness (QED) is 0.513. The highest BCUT2D eigenvalue weighted by Crippen LogP contribution is 2.30. The molecule has 26 heavy (non-hydrogen) atoms. The first-order valence-corrected chi connectivity index (χ1v) is 9.77. The van der Waals surface area contributed by atoms with E-state index in [2.05, 4.69) is 20.8 Å². The first-order valence-electron chi connectivity index (χ1n) is 7.97. The van der Waals surface area contributed by atoms with Crippen LogP contribution < -0.4 is 10.6 Å². The highest BCUT2D eigenvalue weighted by molar-refractivity contribution is 7.99. The Morgan fingerprint density at radius 2 is 2.23 bits per heavy atom. The van der Waals surface area contributed by atoms with Crippen LogP contribution in [0.4, 0.5) is 4.79 Å². The van der Waals surface area contributed by atoms with E-state index in [1.165, 1.54) is 11.8 Å². The fourth-order valence-corrected chi connectivity index (χ4v) is 4.61. The molecule has 2 N–H and O–H groups in total. The molecule has 4 rings (SSSR count). The van der Waals surface area contributed by atoms with Crippen LogP contribution in [0, 0.1) is 0 Å². The third-order valence-corrected chi connectivity index (χ3v) is 5.80. The number of amides is 2. The molecular weight excluding hydrogens is 374 g/mol. The largest absolute Gasteiger partial charge is 0.463 e. The number of fused-ring (bicyclic) bond motifs is 3. The second kappa shape index (κ2) is 6.96. The molecule has 0 saturated carbocycles. The number of aromatic nitrogens is 3. The predicted octanol–water partition coefficient (Wildman–Crippen LogP) is 2.17. The number of thiazole rings is 1. The summed E-state index contributed by atoms with van der Waals surface area (Å²) < 4.78 is 8.18. The number of ether oxygens (including phenoxy) is 1. The number of hydrogen-bond acceptors (Lipinski definition) is 7. The topological polar surface area (TPSA) is 97.6 Å². The van der Waals surface area contributed by atoms with Crippen LogP contribution in [0.25, 0.3) is 15.2 Å². The molecule has 2 aromatic heterocycles. The van der Waals surface area contributed by atoms with E-state index in [9.17, 15) is 9.59 Å². The summed E-state index contributed by atoms with van der Waals surface area (Å²) >= 11 is 2.98. The fourth-order valence-electron chi connectivity index (χ4n) is 2.65. The lowest BCUT2D eigenvalue weighted by Gasteiger charge is -2.20. The van der Waals surface area contributed by atoms with Gasteiger partial charge in [0.15, 0.2) is 5.16 Å². The minimum atomic E-state index is -0.428. The molecule has 1 aromatic carbocycles. The maximum absolute atomic E-state index is 12.1. The fraction of sp³-hybridized carbons (Fsp3) is 0.250. The molecule has 10 heteroatoms. The van der Waals surface area contributed by atoms with Crippen molar-refractivity contribution < 1.29 is 14.3 Å². The zero-order valence-corrected chi connectivity index (χ0v) is 15.4. The van der Waals surface area contributed by atoms with Crippen molar-refractivity contribution in [3.63, 3.8) is 0 Å². The molecule has 0 saturated heterocycles. The standard InChI is InChI=1S/C16H15N5O3S2/c1-2-24-13(22)9-7-17-14(23)18-10(9)8-25-15-19-20-16-21(15)11-5-3-4-6-12(11)26-16/h3-6H,2,7-8H2,1H3,(H2,17,18,23). The first kappa shape index (κ1) is 16.9. The molecule has 0 bridgehead atoms. The van der Waals surface area contributed by atoms with Crippen LogP contribution in [0.15, 0.2) is 40.7 Å². The third kappa shape index (κ3) is 3.01. The number of nitrogens with zero attached hydrogens (tertiary/aromatic N) is 3. The zero-order valence-electron chi connectivity index (χ0n) is 13.8. The van der Waals surface area contributed by atoms with Crippen LogP contribution in [-0.4, -0.2) is 45.5 Å². The molecule has 0 unspecified atom stereocenters. The van der Waals surface area contributed by atoms with E-state index < -0.39 is 5.97 Å². The van der Waals surface area contributed by atoms with Gasteiger partial charge in [-0.3, -0.25) is 4.40 Å². The van der Waals surface area contributed by atoms with E-state index in [1.807, 2.05) is 28.7 Å². The number of para-hydroxylation sites is 1. The monoisotopic (exact) mass is 389 g/mol. The maximum atomic E-state index is 12.1. The summed E-state index contributed by atoms with van der Waals surface area (Å²) in [6.45, 7) is 2.18. The molecule has 0 fully saturated rings. The SMILES string of the molecule is CCOC(=O)C1=C(CSc2nnc3sc4ccccc4n23)NC(=O)NC1. The van der Waals surface area contributed by atoms with Gasteiger partial charge in [-0.2, -0.15) is 0 Å². The molecule has 2 amide bonds. The van der Waals surface area contributed by atoms with Crippen molar-refractivity contribution in [3.8, 4) is 0 Å². The van der Waals surface area contributed by atoms with Crippen LogP contribution in [0.5, 0.6) is 0 Å². The molecule has 0 atom stereocenters. The van der Waals surface area contributed by atoms with Gasteiger partial charge in [0.2, 0.25) is 4.96 Å². The normalized spacial score (nSPS) is 14.6. The molecule has 1 aliphatic rings. The van der Waals surface area contributed by atoms with E-state index in [0.717, 1.165) is 15.2 Å². The van der Waals surface area contributed by atoms with Gasteiger partial charge in [0.1, 0.15) is 0 Å². The number of esters is 1. The van der Waals surface area contributed by atoms with Crippen LogP contribution >= 0.6 is 23.1 Å². The zero-order chi connectivity index (χ0) is 18.1. The second-order valence-corrected chi connectivity index (χ2v) is 7.40. The Labute approximate surface area is 156 Å². The van der Waals surface area contributed by atoms with Crippen LogP contribution in [0.1, 0.15) is 6.92 Å². The lowest BCUT2D eigenvalue weighted by Crippen LogP contribution is -2.44. The lowest BCUT2D eigenvalue weighted by molar-refractivity contribution is -0.138. The number of carbonyl (C=O) groups excluding carboxylic acids is 2. The Morgan fingerprint density at radius 1 is 1.38 bits per heavy atom. The van der Waals surface area contributed by atoms with Crippen LogP contribution in [0.3, 0.4) is 0 Å². The minimum absolute atomic E-state index is 0.150. The first-order chi connectivity index (χ1) is 12.7. The summed E-state index contributed by atoms with van der Waals surface area (Å²) in [7, 11) is 0. The number of urea groups is 1. The maximum Gasteiger partial charge on any atom is 0.337 e. The third-order valence-electron chi connectivity index (χ3n) is 3.83. The van der Waals surface area contributed by atoms with Crippen molar-refractivity contribution in [3.05, 3.63) is 35.5 Å². The molecule has 0 radical (unpaired) electrons. The van der Waals surface area contributed by atoms with E-state index in [1.54, 1.807) is 18.3 Å². The average Bonchev–Trinajstić information content (AvgIpc) is 3.19. The predicted molar refractivity (Wildman–Crippen MR) is 99.3 cm³/mol. The van der Waals surface area contributed by atoms with Gasteiger partial charge in [-0.15, -0.1) is 10.2 Å². The smallest absolute Gasteiger partial charge is 0.337 e. The summed E-state index contributed by atoms with van der Waals surface area (Å²) in [4.78, 5) is 24.6. The lowest BCUT2D eigenvalue weighted by atomic mass is 10.2. The molecule has 0 spiro atoms. The van der Waals surface area contributed by atoms with Gasteiger partial charge in [-0.1, -0.05) is 35.2 Å². The van der Waals surface area contributed by atoms with Gasteiger partial charge in [-0.25, -0.2) is 9.59 Å². The number of benzene rings is 1. The Kier molecular flexibility index (Phi) is 4.51. The highest BCUT2D eigenvalue weighted by atomic mass is 32.2. The number of rotatable bonds is 5. The molecule has 1 aliphatic heterocycles. The number of hydrogen-bond donors (Lipinski definition) is 2. The van der Waals surface area contributed by atoms with Crippen LogP contribution in [-0.2, 0) is 9.53 Å². The van der Waals surface area contributed by atoms with Gasteiger partial charge in [0.25, 0.3) is 0 Å². The highest BCUT2D eigenvalue weighted by Gasteiger charge is 2.24. The summed E-state index contributed by atoms with van der Waals surface area (Å²) in [6.07, 6.45) is 0. The molecule has 3 aromatic rings. The summed E-state index contributed by atoms with van der Waals surface area (Å²) in [5.41, 5.74) is 2.00. The summed E-state index contributed by atoms with van der Waals surface area (Å²) in [5.74, 6) is -0.0463. The van der Waals surface area contributed by atoms with Crippen molar-refractivity contribution in [1.29, 1.82) is 0 Å². The average molecular weight is 389 g/mol. The van der Waals surface area contributed by atoms with Crippen LogP contribution in [0.2, 0.25) is 0 Å². The Hall–Kier alpha value is -2.59. The van der Waals surface area contributed by atoms with Gasteiger partial charge in [0, 0.05) is 11.4 Å². The molecule has 3 heterocycles. The van der Waals surface area contributed by atoms with Crippen molar-refractivity contribution in [2.24, 2.45) is 0 Å². The second-order valence-electron chi connectivity index (χ2n) is 5.44. The molecule has 0 aliphatic carbocycles. The summed E-state index contributed by atoms with van der Waals surface area (Å²) in [6, 6.07) is 7.68. The van der Waals surface area contributed by atoms with Gasteiger partial charge >= 0.3 is 12.0 Å². The van der Waals surface area contributed by atoms with Crippen molar-refractivity contribution >= 4 is 50.3 Å². The number of nitrogens with one attached hydrogen (secondary N) is 2. The Bertz CT molecular complexity index is 1040. The van der Waals surface area contributed by atoms with Crippen molar-refractivity contribution in [2.45, 2.75) is 12.1 Å². The minimum Gasteiger partial charge on any atom is -0.463 e. The van der Waals surface area contributed by atoms with E-state index >= 15 is 0 Å². The van der Waals surface area contributed by atoms with Crippen molar-refractivity contribution in [2.75, 3.05) is 18.9 Å².